The average molecular weight is 267 g/mol. The Bertz CT molecular complexity index is 497. The van der Waals surface area contributed by atoms with Gasteiger partial charge in [-0.3, -0.25) is 0 Å². The summed E-state index contributed by atoms with van der Waals surface area (Å²) in [5, 5.41) is 15.1. The zero-order valence-corrected chi connectivity index (χ0v) is 10.3. The first kappa shape index (κ1) is 13.6. The van der Waals surface area contributed by atoms with Crippen LogP contribution in [0.2, 0.25) is 0 Å². The summed E-state index contributed by atoms with van der Waals surface area (Å²) < 4.78 is 27.3. The molecule has 1 heterocycles. The molecule has 0 aliphatic carbocycles. The number of halogens is 2. The van der Waals surface area contributed by atoms with Crippen LogP contribution >= 0.6 is 0 Å². The number of rotatable bonds is 6. The number of hydrogen-bond acceptors (Lipinski definition) is 3. The second-order valence-corrected chi connectivity index (χ2v) is 4.23. The zero-order chi connectivity index (χ0) is 13.7. The molecule has 0 bridgehead atoms. The van der Waals surface area contributed by atoms with Crippen LogP contribution in [0, 0.1) is 0 Å². The first-order chi connectivity index (χ1) is 9.11. The third-order valence-electron chi connectivity index (χ3n) is 2.65. The number of aliphatic hydroxyl groups excluding tert-OH is 1. The minimum atomic E-state index is -3.07. The van der Waals surface area contributed by atoms with Gasteiger partial charge >= 0.3 is 0 Å². The van der Waals surface area contributed by atoms with E-state index >= 15 is 0 Å². The summed E-state index contributed by atoms with van der Waals surface area (Å²) in [7, 11) is 0. The van der Waals surface area contributed by atoms with Gasteiger partial charge in [0, 0.05) is 18.9 Å². The van der Waals surface area contributed by atoms with E-state index in [2.05, 4.69) is 10.4 Å². The fraction of sp³-hybridized carbons (Fsp3) is 0.308. The van der Waals surface area contributed by atoms with Crippen LogP contribution in [0.3, 0.4) is 0 Å². The van der Waals surface area contributed by atoms with Crippen LogP contribution in [-0.2, 0) is 6.54 Å². The van der Waals surface area contributed by atoms with Crippen molar-refractivity contribution in [2.24, 2.45) is 0 Å². The third-order valence-corrected chi connectivity index (χ3v) is 2.65. The highest BCUT2D eigenvalue weighted by molar-refractivity contribution is 5.33. The molecule has 0 atom stereocenters. The smallest absolute Gasteiger partial charge is 0.282 e. The lowest BCUT2D eigenvalue weighted by Gasteiger charge is -2.14. The van der Waals surface area contributed by atoms with Crippen LogP contribution < -0.4 is 5.32 Å². The standard InChI is InChI=1S/C13H15F2N3O/c14-13(15,10-19)9-16-8-11-2-4-12(5-3-11)18-7-1-6-17-18/h1-7,16,19H,8-10H2. The molecule has 4 nitrogen and oxygen atoms in total. The predicted octanol–water partition coefficient (Wildman–Crippen LogP) is 1.59. The summed E-state index contributed by atoms with van der Waals surface area (Å²) in [5.74, 6) is -3.07. The molecular formula is C13H15F2N3O. The van der Waals surface area contributed by atoms with Crippen LogP contribution in [-0.4, -0.2) is 34.0 Å². The Morgan fingerprint density at radius 3 is 2.58 bits per heavy atom. The maximum Gasteiger partial charge on any atom is 0.282 e. The van der Waals surface area contributed by atoms with Crippen LogP contribution in [0.4, 0.5) is 8.78 Å². The first-order valence-electron chi connectivity index (χ1n) is 5.89. The molecule has 0 unspecified atom stereocenters. The number of aromatic nitrogens is 2. The van der Waals surface area contributed by atoms with E-state index in [0.717, 1.165) is 11.3 Å². The molecule has 0 aliphatic rings. The number of alkyl halides is 2. The predicted molar refractivity (Wildman–Crippen MR) is 67.3 cm³/mol. The van der Waals surface area contributed by atoms with Crippen molar-refractivity contribution in [3.8, 4) is 5.69 Å². The lowest BCUT2D eigenvalue weighted by Crippen LogP contribution is -2.35. The van der Waals surface area contributed by atoms with Gasteiger partial charge in [0.2, 0.25) is 0 Å². The van der Waals surface area contributed by atoms with Crippen molar-refractivity contribution in [1.82, 2.24) is 15.1 Å². The van der Waals surface area contributed by atoms with E-state index in [4.69, 9.17) is 5.11 Å². The molecule has 1 aromatic heterocycles. The first-order valence-corrected chi connectivity index (χ1v) is 5.89. The van der Waals surface area contributed by atoms with E-state index in [1.807, 2.05) is 36.5 Å². The molecule has 0 amide bonds. The van der Waals surface area contributed by atoms with E-state index in [0.29, 0.717) is 6.54 Å². The van der Waals surface area contributed by atoms with Gasteiger partial charge in [-0.15, -0.1) is 0 Å². The van der Waals surface area contributed by atoms with Gasteiger partial charge < -0.3 is 10.4 Å². The third kappa shape index (κ3) is 3.84. The Kier molecular flexibility index (Phi) is 4.24. The van der Waals surface area contributed by atoms with Gasteiger partial charge in [0.05, 0.1) is 12.2 Å². The van der Waals surface area contributed by atoms with Crippen molar-refractivity contribution in [2.75, 3.05) is 13.2 Å². The molecule has 19 heavy (non-hydrogen) atoms. The molecule has 2 rings (SSSR count). The second-order valence-electron chi connectivity index (χ2n) is 4.23. The number of nitrogens with one attached hydrogen (secondary N) is 1. The lowest BCUT2D eigenvalue weighted by atomic mass is 10.2. The van der Waals surface area contributed by atoms with Crippen molar-refractivity contribution >= 4 is 0 Å². The highest BCUT2D eigenvalue weighted by Gasteiger charge is 2.26. The number of hydrogen-bond donors (Lipinski definition) is 2. The van der Waals surface area contributed by atoms with Crippen LogP contribution in [0.5, 0.6) is 0 Å². The average Bonchev–Trinajstić information content (AvgIpc) is 2.93. The molecule has 0 aliphatic heterocycles. The summed E-state index contributed by atoms with van der Waals surface area (Å²) in [6, 6.07) is 9.26. The molecule has 0 saturated carbocycles. The van der Waals surface area contributed by atoms with Crippen LogP contribution in [0.25, 0.3) is 5.69 Å². The Morgan fingerprint density at radius 2 is 2.00 bits per heavy atom. The van der Waals surface area contributed by atoms with Crippen molar-refractivity contribution in [1.29, 1.82) is 0 Å². The maximum atomic E-state index is 12.8. The molecule has 6 heteroatoms. The molecule has 102 valence electrons. The quantitative estimate of drug-likeness (QED) is 0.835. The molecule has 0 saturated heterocycles. The van der Waals surface area contributed by atoms with Gasteiger partial charge in [-0.2, -0.15) is 5.10 Å². The van der Waals surface area contributed by atoms with Crippen molar-refractivity contribution in [2.45, 2.75) is 12.5 Å². The zero-order valence-electron chi connectivity index (χ0n) is 10.3. The summed E-state index contributed by atoms with van der Waals surface area (Å²) in [6.07, 6.45) is 3.52. The van der Waals surface area contributed by atoms with Crippen molar-refractivity contribution in [3.05, 3.63) is 48.3 Å². The maximum absolute atomic E-state index is 12.8. The Labute approximate surface area is 109 Å². The summed E-state index contributed by atoms with van der Waals surface area (Å²) >= 11 is 0. The minimum absolute atomic E-state index is 0.328. The van der Waals surface area contributed by atoms with E-state index in [1.54, 1.807) is 10.9 Å². The number of nitrogens with zero attached hydrogens (tertiary/aromatic N) is 2. The van der Waals surface area contributed by atoms with Gasteiger partial charge in [0.15, 0.2) is 0 Å². The van der Waals surface area contributed by atoms with Gasteiger partial charge in [0.1, 0.15) is 6.61 Å². The van der Waals surface area contributed by atoms with Gasteiger partial charge in [-0.05, 0) is 23.8 Å². The number of benzene rings is 1. The molecule has 0 spiro atoms. The molecule has 0 fully saturated rings. The summed E-state index contributed by atoms with van der Waals surface area (Å²) in [5.41, 5.74) is 1.80. The van der Waals surface area contributed by atoms with E-state index in [-0.39, 0.29) is 0 Å². The fourth-order valence-corrected chi connectivity index (χ4v) is 1.63. The van der Waals surface area contributed by atoms with E-state index < -0.39 is 19.1 Å². The highest BCUT2D eigenvalue weighted by Crippen LogP contribution is 2.11. The minimum Gasteiger partial charge on any atom is -0.390 e. The normalized spacial score (nSPS) is 11.7. The molecule has 0 radical (unpaired) electrons. The largest absolute Gasteiger partial charge is 0.390 e. The van der Waals surface area contributed by atoms with E-state index in [9.17, 15) is 8.78 Å². The number of aliphatic hydroxyl groups is 1. The van der Waals surface area contributed by atoms with Crippen molar-refractivity contribution < 1.29 is 13.9 Å². The van der Waals surface area contributed by atoms with Crippen LogP contribution in [0.15, 0.2) is 42.7 Å². The monoisotopic (exact) mass is 267 g/mol. The Morgan fingerprint density at radius 1 is 1.26 bits per heavy atom. The van der Waals surface area contributed by atoms with Gasteiger partial charge in [-0.1, -0.05) is 12.1 Å². The van der Waals surface area contributed by atoms with Crippen LogP contribution in [0.1, 0.15) is 5.56 Å². The van der Waals surface area contributed by atoms with E-state index in [1.165, 1.54) is 0 Å². The SMILES string of the molecule is OCC(F)(F)CNCc1ccc(-n2cccn2)cc1. The molecule has 1 aromatic carbocycles. The summed E-state index contributed by atoms with van der Waals surface area (Å²) in [6.45, 7) is -1.35. The fourth-order valence-electron chi connectivity index (χ4n) is 1.63. The molecular weight excluding hydrogens is 252 g/mol. The van der Waals surface area contributed by atoms with Gasteiger partial charge in [-0.25, -0.2) is 13.5 Å². The summed E-state index contributed by atoms with van der Waals surface area (Å²) in [4.78, 5) is 0. The Hall–Kier alpha value is -1.79. The second kappa shape index (κ2) is 5.90. The highest BCUT2D eigenvalue weighted by atomic mass is 19.3. The van der Waals surface area contributed by atoms with Crippen molar-refractivity contribution in [3.63, 3.8) is 0 Å². The Balaban J connectivity index is 1.89. The lowest BCUT2D eigenvalue weighted by molar-refractivity contribution is -0.0477. The van der Waals surface area contributed by atoms with Gasteiger partial charge in [0.25, 0.3) is 5.92 Å². The topological polar surface area (TPSA) is 50.1 Å². The molecule has 2 aromatic rings. The molecule has 2 N–H and O–H groups in total.